The summed E-state index contributed by atoms with van der Waals surface area (Å²) in [7, 11) is -2.40. The van der Waals surface area contributed by atoms with Crippen LogP contribution in [0.4, 0.5) is 0 Å². The van der Waals surface area contributed by atoms with Crippen molar-refractivity contribution >= 4 is 21.3 Å². The van der Waals surface area contributed by atoms with E-state index in [4.69, 9.17) is 0 Å². The molecule has 4 rings (SSSR count). The molecule has 0 nitrogen and oxygen atoms in total. The number of benzene rings is 2. The van der Waals surface area contributed by atoms with Crippen LogP contribution >= 0.6 is 0 Å². The molecule has 3 aromatic rings. The van der Waals surface area contributed by atoms with Crippen LogP contribution in [0.2, 0.25) is 44.8 Å². The van der Waals surface area contributed by atoms with E-state index < -0.39 is 16.1 Å². The van der Waals surface area contributed by atoms with Crippen molar-refractivity contribution in [1.29, 1.82) is 0 Å². The largest absolute Gasteiger partial charge is 4.00 e. The van der Waals surface area contributed by atoms with Gasteiger partial charge in [0.15, 0.2) is 0 Å². The fourth-order valence-electron chi connectivity index (χ4n) is 4.96. The van der Waals surface area contributed by atoms with Gasteiger partial charge in [0, 0.05) is 8.07 Å². The fraction of sp³-hybridized carbons (Fsp3) is 0.433. The Balaban J connectivity index is 0.00000129. The molecule has 0 amide bonds. The third kappa shape index (κ3) is 8.89. The molecule has 35 heavy (non-hydrogen) atoms. The second-order valence-corrected chi connectivity index (χ2v) is 22.6. The maximum atomic E-state index is 3.81. The maximum absolute atomic E-state index is 3.81. The molecule has 0 bridgehead atoms. The van der Waals surface area contributed by atoms with E-state index in [1.54, 1.807) is 5.19 Å². The van der Waals surface area contributed by atoms with Crippen molar-refractivity contribution in [3.8, 4) is 11.1 Å². The van der Waals surface area contributed by atoms with Crippen LogP contribution in [-0.4, -0.2) is 16.1 Å². The van der Waals surface area contributed by atoms with Crippen molar-refractivity contribution in [2.75, 3.05) is 0 Å². The molecule has 2 atom stereocenters. The second-order valence-electron chi connectivity index (χ2n) is 11.9. The predicted octanol–water partition coefficient (Wildman–Crippen LogP) is 2.23. The van der Waals surface area contributed by atoms with Crippen molar-refractivity contribution < 1.29 is 51.0 Å². The molecule has 0 N–H and O–H groups in total. The molecule has 1 aliphatic carbocycles. The zero-order chi connectivity index (χ0) is 23.7. The summed E-state index contributed by atoms with van der Waals surface area (Å²) in [5.74, 6) is 0.732. The number of halogens is 2. The molecule has 188 valence electrons. The minimum atomic E-state index is -1.31. The van der Waals surface area contributed by atoms with E-state index in [9.17, 15) is 0 Å². The van der Waals surface area contributed by atoms with Crippen molar-refractivity contribution in [2.45, 2.75) is 78.4 Å². The number of hydrogen-bond acceptors (Lipinski definition) is 0. The van der Waals surface area contributed by atoms with Crippen molar-refractivity contribution in [1.82, 2.24) is 0 Å². The molecule has 1 aliphatic rings. The third-order valence-electron chi connectivity index (χ3n) is 7.32. The van der Waals surface area contributed by atoms with Crippen LogP contribution in [0.1, 0.15) is 36.1 Å². The van der Waals surface area contributed by atoms with Gasteiger partial charge in [-0.15, -0.1) is 11.1 Å². The molecule has 0 fully saturated rings. The zero-order valence-electron chi connectivity index (χ0n) is 23.0. The standard InChI is InChI=1S/C25H37Si2.C5H5.2ClH.Zr/c1-17(19(3)26(4,5)6)12-20-10-11-23-22(14-20)15-21-13-18(2)25(16-24(21)23)27(7,8)9;1-2-4-5-3-1;;;/h10-11,13,16-17,19H,12,15H2,1-9H3;1-5H;2*1H;/q2*-1;;;+4/p-2. The van der Waals surface area contributed by atoms with Crippen molar-refractivity contribution in [3.05, 3.63) is 82.9 Å². The van der Waals surface area contributed by atoms with Crippen molar-refractivity contribution in [3.63, 3.8) is 0 Å². The summed E-state index contributed by atoms with van der Waals surface area (Å²) in [6, 6.07) is 23.5. The SMILES string of the molecule is Cc1cc2c(cc1[Si](C)(C)C)-c1ccc(CC(C)C(C)[Si](C)(C)C)[c-]c1C2.[Cl-].[Cl-].[Zr+4].c1cc[cH-]c1. The van der Waals surface area contributed by atoms with Crippen LogP contribution in [0.25, 0.3) is 11.1 Å². The van der Waals surface area contributed by atoms with Gasteiger partial charge in [-0.05, 0) is 36.8 Å². The Labute approximate surface area is 249 Å². The third-order valence-corrected chi connectivity index (χ3v) is 12.8. The van der Waals surface area contributed by atoms with E-state index in [0.29, 0.717) is 0 Å². The first kappa shape index (κ1) is 34.7. The summed E-state index contributed by atoms with van der Waals surface area (Å²) < 4.78 is 0. The minimum Gasteiger partial charge on any atom is -1.00 e. The Kier molecular flexibility index (Phi) is 13.9. The van der Waals surface area contributed by atoms with Gasteiger partial charge in [-0.25, -0.2) is 12.1 Å². The average Bonchev–Trinajstić information content (AvgIpc) is 3.36. The fourth-order valence-corrected chi connectivity index (χ4v) is 8.62. The first-order valence-corrected chi connectivity index (χ1v) is 19.3. The monoisotopic (exact) mass is 618 g/mol. The quantitative estimate of drug-likeness (QED) is 0.237. The van der Waals surface area contributed by atoms with E-state index in [1.807, 2.05) is 30.3 Å². The molecule has 5 heteroatoms. The molecule has 0 heterocycles. The van der Waals surface area contributed by atoms with Gasteiger partial charge in [0.1, 0.15) is 0 Å². The van der Waals surface area contributed by atoms with E-state index in [0.717, 1.165) is 24.3 Å². The average molecular weight is 621 g/mol. The molecule has 0 aromatic heterocycles. The summed E-state index contributed by atoms with van der Waals surface area (Å²) >= 11 is 0. The van der Waals surface area contributed by atoms with Gasteiger partial charge in [-0.1, -0.05) is 81.6 Å². The van der Waals surface area contributed by atoms with Crippen LogP contribution in [0.3, 0.4) is 0 Å². The van der Waals surface area contributed by atoms with Crippen LogP contribution in [0, 0.1) is 18.9 Å². The number of rotatable bonds is 5. The summed E-state index contributed by atoms with van der Waals surface area (Å²) in [5.41, 5.74) is 9.54. The molecule has 0 aliphatic heterocycles. The van der Waals surface area contributed by atoms with Crippen LogP contribution in [0.5, 0.6) is 0 Å². The van der Waals surface area contributed by atoms with Crippen molar-refractivity contribution in [2.24, 2.45) is 5.92 Å². The first-order valence-electron chi connectivity index (χ1n) is 12.2. The normalized spacial score (nSPS) is 13.5. The predicted molar refractivity (Wildman–Crippen MR) is 149 cm³/mol. The molecular weight excluding hydrogens is 579 g/mol. The van der Waals surface area contributed by atoms with Gasteiger partial charge in [-0.2, -0.15) is 42.0 Å². The molecule has 0 saturated heterocycles. The molecule has 2 unspecified atom stereocenters. The Morgan fingerprint density at radius 1 is 0.914 bits per heavy atom. The molecule has 0 saturated carbocycles. The van der Waals surface area contributed by atoms with E-state index in [-0.39, 0.29) is 51.0 Å². The molecule has 0 spiro atoms. The van der Waals surface area contributed by atoms with Gasteiger partial charge in [0.25, 0.3) is 0 Å². The van der Waals surface area contributed by atoms with Crippen LogP contribution in [0.15, 0.2) is 54.6 Å². The van der Waals surface area contributed by atoms with E-state index in [1.165, 1.54) is 33.4 Å². The summed E-state index contributed by atoms with van der Waals surface area (Å²) in [5, 5.41) is 1.61. The van der Waals surface area contributed by atoms with Gasteiger partial charge < -0.3 is 24.8 Å². The second kappa shape index (κ2) is 14.0. The summed E-state index contributed by atoms with van der Waals surface area (Å²) in [6.45, 7) is 22.0. The van der Waals surface area contributed by atoms with Gasteiger partial charge >= 0.3 is 26.2 Å². The minimum absolute atomic E-state index is 0. The van der Waals surface area contributed by atoms with Gasteiger partial charge in [0.2, 0.25) is 0 Å². The molecule has 3 aromatic carbocycles. The van der Waals surface area contributed by atoms with Gasteiger partial charge in [0.05, 0.1) is 8.07 Å². The van der Waals surface area contributed by atoms with Crippen LogP contribution in [-0.2, 0) is 39.0 Å². The number of aryl methyl sites for hydroxylation is 1. The number of fused-ring (bicyclic) bond motifs is 3. The van der Waals surface area contributed by atoms with E-state index >= 15 is 0 Å². The number of hydrogen-bond donors (Lipinski definition) is 0. The Morgan fingerprint density at radius 2 is 1.51 bits per heavy atom. The van der Waals surface area contributed by atoms with Crippen LogP contribution < -0.4 is 30.0 Å². The zero-order valence-corrected chi connectivity index (χ0v) is 29.0. The van der Waals surface area contributed by atoms with E-state index in [2.05, 4.69) is 90.4 Å². The smallest absolute Gasteiger partial charge is 1.00 e. The molecular formula is C30H42Cl2Si2Zr. The molecule has 0 radical (unpaired) electrons. The van der Waals surface area contributed by atoms with Gasteiger partial charge in [-0.3, -0.25) is 0 Å². The topological polar surface area (TPSA) is 0 Å². The first-order chi connectivity index (χ1) is 14.9. The Hall–Kier alpha value is -0.313. The Morgan fingerprint density at radius 3 is 2.00 bits per heavy atom. The summed E-state index contributed by atoms with van der Waals surface area (Å²) in [6.07, 6.45) is 2.22. The summed E-state index contributed by atoms with van der Waals surface area (Å²) in [4.78, 5) is 0. The Bertz CT molecular complexity index is 1030. The maximum Gasteiger partial charge on any atom is 4.00 e.